The number of hydrogen-bond donors (Lipinski definition) is 1. The number of nitrogens with zero attached hydrogens (tertiary/aromatic N) is 1. The monoisotopic (exact) mass is 392 g/mol. The smallest absolute Gasteiger partial charge is 0.226 e. The topological polar surface area (TPSA) is 49.4 Å². The van der Waals surface area contributed by atoms with E-state index in [1.54, 1.807) is 23.1 Å². The van der Waals surface area contributed by atoms with E-state index >= 15 is 0 Å². The van der Waals surface area contributed by atoms with Crippen molar-refractivity contribution in [2.24, 2.45) is 0 Å². The van der Waals surface area contributed by atoms with Crippen molar-refractivity contribution in [2.75, 3.05) is 16.8 Å². The molecular weight excluding hydrogens is 371 g/mol. The van der Waals surface area contributed by atoms with Gasteiger partial charge in [-0.05, 0) is 35.7 Å². The number of hydrogen-bond acceptors (Lipinski definition) is 2. The first-order chi connectivity index (χ1) is 12.3. The molecule has 0 saturated carbocycles. The van der Waals surface area contributed by atoms with Gasteiger partial charge in [0.2, 0.25) is 11.8 Å². The van der Waals surface area contributed by atoms with Crippen LogP contribution in [0.4, 0.5) is 11.4 Å². The van der Waals surface area contributed by atoms with E-state index in [0.717, 1.165) is 11.3 Å². The van der Waals surface area contributed by atoms with Crippen LogP contribution in [0.1, 0.15) is 38.7 Å². The summed E-state index contributed by atoms with van der Waals surface area (Å²) in [5.74, 6) is -0.0183. The third-order valence-electron chi connectivity index (χ3n) is 4.00. The Bertz CT molecular complexity index is 806. The Morgan fingerprint density at radius 1 is 1.08 bits per heavy atom. The first kappa shape index (κ1) is 20.3. The van der Waals surface area contributed by atoms with Crippen LogP contribution in [-0.4, -0.2) is 18.4 Å². The second kappa shape index (κ2) is 9.06. The fourth-order valence-electron chi connectivity index (χ4n) is 2.68. The van der Waals surface area contributed by atoms with E-state index < -0.39 is 0 Å². The van der Waals surface area contributed by atoms with E-state index in [1.807, 2.05) is 24.3 Å². The molecule has 138 valence electrons. The highest BCUT2D eigenvalue weighted by atomic mass is 35.5. The second-order valence-corrected chi connectivity index (χ2v) is 7.13. The van der Waals surface area contributed by atoms with Gasteiger partial charge >= 0.3 is 0 Å². The van der Waals surface area contributed by atoms with Gasteiger partial charge in [-0.1, -0.05) is 55.2 Å². The molecule has 0 aliphatic rings. The van der Waals surface area contributed by atoms with E-state index in [-0.39, 0.29) is 24.2 Å². The summed E-state index contributed by atoms with van der Waals surface area (Å²) in [6.07, 6.45) is 0.173. The Hall–Kier alpha value is -2.04. The zero-order chi connectivity index (χ0) is 19.3. The minimum atomic E-state index is -0.198. The van der Waals surface area contributed by atoms with Crippen LogP contribution in [0.15, 0.2) is 42.5 Å². The summed E-state index contributed by atoms with van der Waals surface area (Å²) in [5.41, 5.74) is 2.49. The Kier molecular flexibility index (Phi) is 7.06. The van der Waals surface area contributed by atoms with Gasteiger partial charge in [-0.15, -0.1) is 0 Å². The maximum Gasteiger partial charge on any atom is 0.226 e. The average molecular weight is 393 g/mol. The number of carbonyl (C=O) groups excluding carboxylic acids is 2. The van der Waals surface area contributed by atoms with Crippen molar-refractivity contribution in [3.8, 4) is 0 Å². The van der Waals surface area contributed by atoms with E-state index in [1.165, 1.54) is 6.92 Å². The first-order valence-corrected chi connectivity index (χ1v) is 9.17. The quantitative estimate of drug-likeness (QED) is 0.705. The maximum absolute atomic E-state index is 12.3. The van der Waals surface area contributed by atoms with E-state index in [2.05, 4.69) is 19.2 Å². The molecule has 2 amide bonds. The van der Waals surface area contributed by atoms with Crippen LogP contribution in [0, 0.1) is 0 Å². The highest BCUT2D eigenvalue weighted by Crippen LogP contribution is 2.28. The molecule has 0 atom stereocenters. The molecule has 0 aromatic heterocycles. The molecule has 2 aromatic rings. The molecule has 0 aliphatic heterocycles. The van der Waals surface area contributed by atoms with Crippen LogP contribution in [0.5, 0.6) is 0 Å². The second-order valence-electron chi connectivity index (χ2n) is 6.31. The Balaban J connectivity index is 2.08. The van der Waals surface area contributed by atoms with Crippen LogP contribution in [-0.2, 0) is 9.59 Å². The summed E-state index contributed by atoms with van der Waals surface area (Å²) in [6, 6.07) is 12.7. The zero-order valence-corrected chi connectivity index (χ0v) is 16.6. The normalized spacial score (nSPS) is 10.7. The van der Waals surface area contributed by atoms with E-state index in [4.69, 9.17) is 23.2 Å². The van der Waals surface area contributed by atoms with Crippen molar-refractivity contribution in [1.29, 1.82) is 0 Å². The highest BCUT2D eigenvalue weighted by molar-refractivity contribution is 6.42. The number of carbonyl (C=O) groups is 2. The lowest BCUT2D eigenvalue weighted by Gasteiger charge is -2.25. The molecule has 0 radical (unpaired) electrons. The molecular formula is C20H22Cl2N2O2. The Morgan fingerprint density at radius 3 is 2.38 bits per heavy atom. The lowest BCUT2D eigenvalue weighted by atomic mass is 10.0. The lowest BCUT2D eigenvalue weighted by Crippen LogP contribution is -2.32. The lowest BCUT2D eigenvalue weighted by molar-refractivity contribution is -0.117. The largest absolute Gasteiger partial charge is 0.326 e. The third kappa shape index (κ3) is 5.23. The van der Waals surface area contributed by atoms with Crippen molar-refractivity contribution < 1.29 is 9.59 Å². The summed E-state index contributed by atoms with van der Waals surface area (Å²) in [5, 5.41) is 3.58. The van der Waals surface area contributed by atoms with Gasteiger partial charge in [0.15, 0.2) is 0 Å². The molecule has 26 heavy (non-hydrogen) atoms. The van der Waals surface area contributed by atoms with Gasteiger partial charge in [-0.25, -0.2) is 0 Å². The van der Waals surface area contributed by atoms with Crippen LogP contribution in [0.2, 0.25) is 10.0 Å². The van der Waals surface area contributed by atoms with Crippen LogP contribution < -0.4 is 10.2 Å². The van der Waals surface area contributed by atoms with Gasteiger partial charge < -0.3 is 10.2 Å². The SMILES string of the molecule is CC(=O)N(CCC(=O)Nc1ccc(Cl)c(Cl)c1)c1ccccc1C(C)C. The van der Waals surface area contributed by atoms with Crippen molar-refractivity contribution in [3.05, 3.63) is 58.1 Å². The van der Waals surface area contributed by atoms with E-state index in [0.29, 0.717) is 22.3 Å². The number of anilines is 2. The third-order valence-corrected chi connectivity index (χ3v) is 4.73. The summed E-state index contributed by atoms with van der Waals surface area (Å²) in [4.78, 5) is 26.0. The van der Waals surface area contributed by atoms with Gasteiger partial charge in [0.05, 0.1) is 10.0 Å². The van der Waals surface area contributed by atoms with Crippen molar-refractivity contribution in [3.63, 3.8) is 0 Å². The van der Waals surface area contributed by atoms with Gasteiger partial charge in [-0.3, -0.25) is 9.59 Å². The number of benzene rings is 2. The number of halogens is 2. The molecule has 6 heteroatoms. The molecule has 0 aliphatic carbocycles. The van der Waals surface area contributed by atoms with Gasteiger partial charge in [0.1, 0.15) is 0 Å². The Labute approximate surface area is 164 Å². The summed E-state index contributed by atoms with van der Waals surface area (Å²) in [6.45, 7) is 5.96. The molecule has 0 bridgehead atoms. The van der Waals surface area contributed by atoms with Crippen LogP contribution in [0.3, 0.4) is 0 Å². The molecule has 1 N–H and O–H groups in total. The number of rotatable bonds is 6. The standard InChI is InChI=1S/C20H22Cl2N2O2/c1-13(2)16-6-4-5-7-19(16)24(14(3)25)11-10-20(26)23-15-8-9-17(21)18(22)12-15/h4-9,12-13H,10-11H2,1-3H3,(H,23,26). The highest BCUT2D eigenvalue weighted by Gasteiger charge is 2.18. The summed E-state index contributed by atoms with van der Waals surface area (Å²) in [7, 11) is 0. The van der Waals surface area contributed by atoms with Crippen molar-refractivity contribution in [2.45, 2.75) is 33.1 Å². The number of amides is 2. The van der Waals surface area contributed by atoms with Gasteiger partial charge in [0, 0.05) is 31.3 Å². The fraction of sp³-hybridized carbons (Fsp3) is 0.300. The van der Waals surface area contributed by atoms with Gasteiger partial charge in [0.25, 0.3) is 0 Å². The zero-order valence-electron chi connectivity index (χ0n) is 15.1. The molecule has 4 nitrogen and oxygen atoms in total. The van der Waals surface area contributed by atoms with Gasteiger partial charge in [-0.2, -0.15) is 0 Å². The summed E-state index contributed by atoms with van der Waals surface area (Å²) < 4.78 is 0. The molecule has 2 aromatic carbocycles. The molecule has 0 unspecified atom stereocenters. The van der Waals surface area contributed by atoms with E-state index in [9.17, 15) is 9.59 Å². The summed E-state index contributed by atoms with van der Waals surface area (Å²) >= 11 is 11.8. The molecule has 0 fully saturated rings. The molecule has 0 heterocycles. The molecule has 2 rings (SSSR count). The Morgan fingerprint density at radius 2 is 1.77 bits per heavy atom. The fourth-order valence-corrected chi connectivity index (χ4v) is 2.98. The number of para-hydroxylation sites is 1. The van der Waals surface area contributed by atoms with Crippen molar-refractivity contribution in [1.82, 2.24) is 0 Å². The predicted molar refractivity (Wildman–Crippen MR) is 108 cm³/mol. The van der Waals surface area contributed by atoms with Crippen LogP contribution >= 0.6 is 23.2 Å². The number of nitrogens with one attached hydrogen (secondary N) is 1. The molecule has 0 spiro atoms. The minimum Gasteiger partial charge on any atom is -0.326 e. The first-order valence-electron chi connectivity index (χ1n) is 8.41. The minimum absolute atomic E-state index is 0.0968. The van der Waals surface area contributed by atoms with Crippen LogP contribution in [0.25, 0.3) is 0 Å². The maximum atomic E-state index is 12.3. The average Bonchev–Trinajstić information content (AvgIpc) is 2.58. The predicted octanol–water partition coefficient (Wildman–Crippen LogP) is 5.50. The van der Waals surface area contributed by atoms with Crippen molar-refractivity contribution >= 4 is 46.4 Å². The molecule has 0 saturated heterocycles.